The highest BCUT2D eigenvalue weighted by molar-refractivity contribution is 5.83. The van der Waals surface area contributed by atoms with Crippen molar-refractivity contribution in [1.29, 1.82) is 0 Å². The van der Waals surface area contributed by atoms with Crippen LogP contribution in [0.15, 0.2) is 4.99 Å². The minimum Gasteiger partial charge on any atom is -0.480 e. The summed E-state index contributed by atoms with van der Waals surface area (Å²) in [5.41, 5.74) is 0.811. The van der Waals surface area contributed by atoms with Gasteiger partial charge < -0.3 is 5.11 Å². The monoisotopic (exact) mass is 157 g/mol. The van der Waals surface area contributed by atoms with E-state index in [0.717, 1.165) is 5.71 Å². The van der Waals surface area contributed by atoms with Crippen LogP contribution in [0.5, 0.6) is 0 Å². The molecule has 0 aromatic rings. The topological polar surface area (TPSA) is 49.7 Å². The van der Waals surface area contributed by atoms with Gasteiger partial charge in [0.05, 0.1) is 0 Å². The van der Waals surface area contributed by atoms with Crippen LogP contribution < -0.4 is 0 Å². The maximum absolute atomic E-state index is 10.6. The van der Waals surface area contributed by atoms with Crippen molar-refractivity contribution in [2.75, 3.05) is 0 Å². The normalized spacial score (nSPS) is 12.8. The lowest BCUT2D eigenvalue weighted by Crippen LogP contribution is -2.24. The molecule has 0 spiro atoms. The van der Waals surface area contributed by atoms with Crippen LogP contribution in [-0.2, 0) is 4.79 Å². The summed E-state index contributed by atoms with van der Waals surface area (Å²) in [6.45, 7) is 7.31. The van der Waals surface area contributed by atoms with Gasteiger partial charge in [-0.05, 0) is 19.8 Å². The van der Waals surface area contributed by atoms with Crippen molar-refractivity contribution in [2.45, 2.75) is 33.7 Å². The number of aliphatic imine (C=N–C) groups is 1. The number of hydrogen-bond acceptors (Lipinski definition) is 2. The number of carbonyl (C=O) groups is 1. The second kappa shape index (κ2) is 4.11. The van der Waals surface area contributed by atoms with Crippen molar-refractivity contribution in [3.05, 3.63) is 0 Å². The average Bonchev–Trinajstić information content (AvgIpc) is 1.81. The number of nitrogens with zero attached hydrogens (tertiary/aromatic N) is 1. The summed E-state index contributed by atoms with van der Waals surface area (Å²) in [6.07, 6.45) is 0. The third-order valence-corrected chi connectivity index (χ3v) is 1.28. The van der Waals surface area contributed by atoms with E-state index in [9.17, 15) is 4.79 Å². The van der Waals surface area contributed by atoms with E-state index in [1.165, 1.54) is 0 Å². The van der Waals surface area contributed by atoms with Gasteiger partial charge in [-0.3, -0.25) is 4.99 Å². The van der Waals surface area contributed by atoms with Crippen LogP contribution in [0.25, 0.3) is 0 Å². The Kier molecular flexibility index (Phi) is 3.79. The SMILES string of the molecule is CC(C)=N[C@@H](C(=O)O)C(C)C. The Morgan fingerprint density at radius 1 is 1.36 bits per heavy atom. The number of hydrogen-bond donors (Lipinski definition) is 1. The third-order valence-electron chi connectivity index (χ3n) is 1.28. The standard InChI is InChI=1S/C8H15NO2/c1-5(2)7(8(10)11)9-6(3)4/h5,7H,1-4H3,(H,10,11)/t7-/m1/s1. The molecule has 3 heteroatoms. The molecule has 0 saturated carbocycles. The van der Waals surface area contributed by atoms with Crippen LogP contribution in [0.2, 0.25) is 0 Å². The average molecular weight is 157 g/mol. The predicted octanol–water partition coefficient (Wildman–Crippen LogP) is 1.58. The summed E-state index contributed by atoms with van der Waals surface area (Å²) in [4.78, 5) is 14.6. The lowest BCUT2D eigenvalue weighted by molar-refractivity contribution is -0.139. The van der Waals surface area contributed by atoms with Gasteiger partial charge in [0.15, 0.2) is 0 Å². The van der Waals surface area contributed by atoms with E-state index in [-0.39, 0.29) is 5.92 Å². The van der Waals surface area contributed by atoms with E-state index < -0.39 is 12.0 Å². The van der Waals surface area contributed by atoms with Crippen LogP contribution in [0, 0.1) is 5.92 Å². The van der Waals surface area contributed by atoms with Gasteiger partial charge in [-0.15, -0.1) is 0 Å². The fraction of sp³-hybridized carbons (Fsp3) is 0.750. The number of aliphatic carboxylic acids is 1. The Morgan fingerprint density at radius 3 is 1.91 bits per heavy atom. The van der Waals surface area contributed by atoms with Crippen LogP contribution in [0.4, 0.5) is 0 Å². The van der Waals surface area contributed by atoms with E-state index in [4.69, 9.17) is 5.11 Å². The molecule has 0 bridgehead atoms. The molecule has 0 aliphatic heterocycles. The molecule has 11 heavy (non-hydrogen) atoms. The third kappa shape index (κ3) is 3.75. The molecule has 0 fully saturated rings. The quantitative estimate of drug-likeness (QED) is 0.632. The summed E-state index contributed by atoms with van der Waals surface area (Å²) >= 11 is 0. The van der Waals surface area contributed by atoms with E-state index in [0.29, 0.717) is 0 Å². The smallest absolute Gasteiger partial charge is 0.328 e. The zero-order valence-corrected chi connectivity index (χ0v) is 7.46. The van der Waals surface area contributed by atoms with Crippen LogP contribution in [0.1, 0.15) is 27.7 Å². The van der Waals surface area contributed by atoms with E-state index in [1.54, 1.807) is 13.8 Å². The maximum Gasteiger partial charge on any atom is 0.328 e. The summed E-state index contributed by atoms with van der Waals surface area (Å²) in [5.74, 6) is -0.788. The summed E-state index contributed by atoms with van der Waals surface area (Å²) in [5, 5.41) is 8.69. The molecule has 0 amide bonds. The van der Waals surface area contributed by atoms with Gasteiger partial charge in [0, 0.05) is 5.71 Å². The summed E-state index contributed by atoms with van der Waals surface area (Å²) < 4.78 is 0. The predicted molar refractivity (Wildman–Crippen MR) is 45.0 cm³/mol. The molecule has 0 aromatic carbocycles. The van der Waals surface area contributed by atoms with Gasteiger partial charge >= 0.3 is 5.97 Å². The molecule has 0 radical (unpaired) electrons. The first-order valence-electron chi connectivity index (χ1n) is 3.69. The molecule has 0 saturated heterocycles. The molecule has 0 aliphatic rings. The molecule has 0 heterocycles. The highest BCUT2D eigenvalue weighted by Gasteiger charge is 2.19. The molecule has 0 rings (SSSR count). The minimum absolute atomic E-state index is 0.0578. The van der Waals surface area contributed by atoms with Gasteiger partial charge in [0.1, 0.15) is 6.04 Å². The molecular formula is C8H15NO2. The van der Waals surface area contributed by atoms with E-state index >= 15 is 0 Å². The Morgan fingerprint density at radius 2 is 1.82 bits per heavy atom. The van der Waals surface area contributed by atoms with Crippen LogP contribution >= 0.6 is 0 Å². The fourth-order valence-corrected chi connectivity index (χ4v) is 0.768. The maximum atomic E-state index is 10.6. The molecule has 0 unspecified atom stereocenters. The van der Waals surface area contributed by atoms with Crippen molar-refractivity contribution in [1.82, 2.24) is 0 Å². The molecule has 0 aromatic heterocycles. The van der Waals surface area contributed by atoms with Crippen molar-refractivity contribution in [3.63, 3.8) is 0 Å². The highest BCUT2D eigenvalue weighted by Crippen LogP contribution is 2.06. The van der Waals surface area contributed by atoms with Crippen molar-refractivity contribution < 1.29 is 9.90 Å². The minimum atomic E-state index is -0.846. The van der Waals surface area contributed by atoms with E-state index in [1.807, 2.05) is 13.8 Å². The first kappa shape index (κ1) is 10.1. The molecular weight excluding hydrogens is 142 g/mol. The number of carboxylic acids is 1. The number of rotatable bonds is 3. The number of carboxylic acid groups (broad SMARTS) is 1. The van der Waals surface area contributed by atoms with Gasteiger partial charge in [-0.2, -0.15) is 0 Å². The van der Waals surface area contributed by atoms with Crippen molar-refractivity contribution >= 4 is 11.7 Å². The van der Waals surface area contributed by atoms with Gasteiger partial charge in [0.2, 0.25) is 0 Å². The second-order valence-corrected chi connectivity index (χ2v) is 3.10. The summed E-state index contributed by atoms with van der Waals surface area (Å²) in [6, 6.07) is -0.583. The lowest BCUT2D eigenvalue weighted by Gasteiger charge is -2.11. The second-order valence-electron chi connectivity index (χ2n) is 3.10. The highest BCUT2D eigenvalue weighted by atomic mass is 16.4. The zero-order chi connectivity index (χ0) is 9.02. The molecule has 64 valence electrons. The van der Waals surface area contributed by atoms with Crippen LogP contribution in [0.3, 0.4) is 0 Å². The van der Waals surface area contributed by atoms with Gasteiger partial charge in [-0.25, -0.2) is 4.79 Å². The molecule has 3 nitrogen and oxygen atoms in total. The Hall–Kier alpha value is -0.860. The summed E-state index contributed by atoms with van der Waals surface area (Å²) in [7, 11) is 0. The van der Waals surface area contributed by atoms with E-state index in [2.05, 4.69) is 4.99 Å². The lowest BCUT2D eigenvalue weighted by atomic mass is 10.1. The Labute approximate surface area is 67.1 Å². The van der Waals surface area contributed by atoms with Crippen LogP contribution in [-0.4, -0.2) is 22.8 Å². The molecule has 1 atom stereocenters. The fourth-order valence-electron chi connectivity index (χ4n) is 0.768. The largest absolute Gasteiger partial charge is 0.480 e. The van der Waals surface area contributed by atoms with Gasteiger partial charge in [-0.1, -0.05) is 13.8 Å². The first-order chi connectivity index (χ1) is 4.95. The zero-order valence-electron chi connectivity index (χ0n) is 7.46. The van der Waals surface area contributed by atoms with Gasteiger partial charge in [0.25, 0.3) is 0 Å². The Bertz CT molecular complexity index is 169. The van der Waals surface area contributed by atoms with Crippen molar-refractivity contribution in [3.8, 4) is 0 Å². The van der Waals surface area contributed by atoms with Crippen molar-refractivity contribution in [2.24, 2.45) is 10.9 Å². The Balaban J connectivity index is 4.36. The molecule has 1 N–H and O–H groups in total. The first-order valence-corrected chi connectivity index (χ1v) is 3.69. The molecule has 0 aliphatic carbocycles.